The van der Waals surface area contributed by atoms with Gasteiger partial charge in [-0.25, -0.2) is 9.78 Å². The van der Waals surface area contributed by atoms with E-state index < -0.39 is 5.97 Å². The highest BCUT2D eigenvalue weighted by molar-refractivity contribution is 5.94. The summed E-state index contributed by atoms with van der Waals surface area (Å²) < 4.78 is 3.24. The van der Waals surface area contributed by atoms with Crippen molar-refractivity contribution in [3.8, 4) is 0 Å². The Balaban J connectivity index is 1.88. The first-order valence-corrected chi connectivity index (χ1v) is 6.01. The number of nitrogens with one attached hydrogen (secondary N) is 1. The summed E-state index contributed by atoms with van der Waals surface area (Å²) in [6, 6.07) is 0. The number of imidazole rings is 1. The fourth-order valence-electron chi connectivity index (χ4n) is 1.71. The molecule has 2 aromatic rings. The molecule has 8 heteroatoms. The molecule has 2 aromatic heterocycles. The molecule has 106 valence electrons. The van der Waals surface area contributed by atoms with Gasteiger partial charge in [-0.3, -0.25) is 9.48 Å². The van der Waals surface area contributed by atoms with Crippen molar-refractivity contribution in [2.24, 2.45) is 7.05 Å². The Morgan fingerprint density at radius 3 is 2.75 bits per heavy atom. The number of aryl methyl sites for hydroxylation is 1. The van der Waals surface area contributed by atoms with E-state index in [1.165, 1.54) is 18.7 Å². The van der Waals surface area contributed by atoms with Gasteiger partial charge in [-0.1, -0.05) is 0 Å². The summed E-state index contributed by atoms with van der Waals surface area (Å²) in [4.78, 5) is 26.3. The van der Waals surface area contributed by atoms with Gasteiger partial charge >= 0.3 is 5.97 Å². The van der Waals surface area contributed by atoms with Gasteiger partial charge in [0.2, 0.25) is 0 Å². The predicted octanol–water partition coefficient (Wildman–Crippen LogP) is 0.0532. The smallest absolute Gasteiger partial charge is 0.356 e. The number of carboxylic acid groups (broad SMARTS) is 1. The maximum Gasteiger partial charge on any atom is 0.356 e. The lowest BCUT2D eigenvalue weighted by Gasteiger charge is -2.05. The van der Waals surface area contributed by atoms with Gasteiger partial charge in [0.1, 0.15) is 0 Å². The van der Waals surface area contributed by atoms with Gasteiger partial charge in [0.15, 0.2) is 5.69 Å². The largest absolute Gasteiger partial charge is 0.476 e. The summed E-state index contributed by atoms with van der Waals surface area (Å²) in [5.74, 6) is -1.27. The molecule has 0 aliphatic heterocycles. The summed E-state index contributed by atoms with van der Waals surface area (Å²) in [7, 11) is 1.77. The van der Waals surface area contributed by atoms with Crippen molar-refractivity contribution in [2.45, 2.75) is 13.5 Å². The van der Waals surface area contributed by atoms with Crippen molar-refractivity contribution in [3.63, 3.8) is 0 Å². The van der Waals surface area contributed by atoms with Crippen LogP contribution >= 0.6 is 0 Å². The quantitative estimate of drug-likeness (QED) is 0.804. The lowest BCUT2D eigenvalue weighted by Crippen LogP contribution is -2.27. The molecule has 0 saturated heterocycles. The third kappa shape index (κ3) is 2.85. The second kappa shape index (κ2) is 5.55. The molecule has 8 nitrogen and oxygen atoms in total. The first-order valence-electron chi connectivity index (χ1n) is 6.01. The number of amides is 1. The standard InChI is InChI=1S/C12H15N5O3/c1-8-9(5-15-16(8)2)11(18)13-3-4-17-6-10(12(19)20)14-7-17/h5-7H,3-4H2,1-2H3,(H,13,18)(H,19,20). The van der Waals surface area contributed by atoms with E-state index in [2.05, 4.69) is 15.4 Å². The molecule has 0 spiro atoms. The maximum atomic E-state index is 11.9. The van der Waals surface area contributed by atoms with Gasteiger partial charge in [0, 0.05) is 32.0 Å². The first-order chi connectivity index (χ1) is 9.49. The molecule has 0 bridgehead atoms. The van der Waals surface area contributed by atoms with Gasteiger partial charge in [0.25, 0.3) is 5.91 Å². The number of hydrogen-bond donors (Lipinski definition) is 2. The van der Waals surface area contributed by atoms with E-state index in [1.807, 2.05) is 6.92 Å². The van der Waals surface area contributed by atoms with Crippen molar-refractivity contribution >= 4 is 11.9 Å². The van der Waals surface area contributed by atoms with Crippen LogP contribution in [0, 0.1) is 6.92 Å². The number of nitrogens with zero attached hydrogens (tertiary/aromatic N) is 4. The molecule has 20 heavy (non-hydrogen) atoms. The number of rotatable bonds is 5. The Morgan fingerprint density at radius 2 is 2.20 bits per heavy atom. The van der Waals surface area contributed by atoms with Crippen LogP contribution in [0.15, 0.2) is 18.7 Å². The van der Waals surface area contributed by atoms with Crippen molar-refractivity contribution in [1.29, 1.82) is 0 Å². The maximum absolute atomic E-state index is 11.9. The lowest BCUT2D eigenvalue weighted by molar-refractivity contribution is 0.0690. The molecule has 1 amide bonds. The van der Waals surface area contributed by atoms with E-state index in [4.69, 9.17) is 5.11 Å². The third-order valence-electron chi connectivity index (χ3n) is 2.99. The van der Waals surface area contributed by atoms with Crippen molar-refractivity contribution in [2.75, 3.05) is 6.54 Å². The Hall–Kier alpha value is -2.64. The van der Waals surface area contributed by atoms with Crippen molar-refractivity contribution in [1.82, 2.24) is 24.6 Å². The van der Waals surface area contributed by atoms with Crippen LogP contribution in [-0.2, 0) is 13.6 Å². The predicted molar refractivity (Wildman–Crippen MR) is 69.5 cm³/mol. The zero-order chi connectivity index (χ0) is 14.7. The summed E-state index contributed by atoms with van der Waals surface area (Å²) in [6.45, 7) is 2.64. The summed E-state index contributed by atoms with van der Waals surface area (Å²) >= 11 is 0. The average Bonchev–Trinajstić information content (AvgIpc) is 2.98. The minimum absolute atomic E-state index is 0.0144. The second-order valence-electron chi connectivity index (χ2n) is 4.33. The molecule has 2 rings (SSSR count). The van der Waals surface area contributed by atoms with Gasteiger partial charge in [-0.05, 0) is 6.92 Å². The first kappa shape index (κ1) is 13.8. The van der Waals surface area contributed by atoms with Gasteiger partial charge in [0.05, 0.1) is 18.1 Å². The Morgan fingerprint density at radius 1 is 1.45 bits per heavy atom. The molecule has 0 fully saturated rings. The van der Waals surface area contributed by atoms with Crippen LogP contribution in [0.5, 0.6) is 0 Å². The molecule has 0 atom stereocenters. The minimum Gasteiger partial charge on any atom is -0.476 e. The van der Waals surface area contributed by atoms with E-state index in [0.717, 1.165) is 5.69 Å². The molecule has 0 unspecified atom stereocenters. The van der Waals surface area contributed by atoms with Crippen LogP contribution in [0.25, 0.3) is 0 Å². The number of hydrogen-bond acceptors (Lipinski definition) is 4. The summed E-state index contributed by atoms with van der Waals surface area (Å²) in [6.07, 6.45) is 4.36. The molecule has 0 aliphatic carbocycles. The minimum atomic E-state index is -1.07. The van der Waals surface area contributed by atoms with Crippen LogP contribution in [-0.4, -0.2) is 42.9 Å². The highest BCUT2D eigenvalue weighted by Gasteiger charge is 2.12. The Bertz CT molecular complexity index is 643. The second-order valence-corrected chi connectivity index (χ2v) is 4.33. The van der Waals surface area contributed by atoms with Crippen LogP contribution in [0.4, 0.5) is 0 Å². The lowest BCUT2D eigenvalue weighted by atomic mass is 10.2. The number of carbonyl (C=O) groups excluding carboxylic acids is 1. The summed E-state index contributed by atoms with van der Waals surface area (Å²) in [5, 5.41) is 15.5. The fourth-order valence-corrected chi connectivity index (χ4v) is 1.71. The SMILES string of the molecule is Cc1c(C(=O)NCCn2cnc(C(=O)O)c2)cnn1C. The number of aromatic nitrogens is 4. The topological polar surface area (TPSA) is 102 Å². The molecule has 2 N–H and O–H groups in total. The van der Waals surface area contributed by atoms with Crippen LogP contribution in [0.1, 0.15) is 26.5 Å². The molecular formula is C12H15N5O3. The summed E-state index contributed by atoms with van der Waals surface area (Å²) in [5.41, 5.74) is 1.31. The molecule has 2 heterocycles. The van der Waals surface area contributed by atoms with Gasteiger partial charge < -0.3 is 15.0 Å². The Kier molecular flexibility index (Phi) is 3.83. The van der Waals surface area contributed by atoms with E-state index in [-0.39, 0.29) is 11.6 Å². The molecule has 0 saturated carbocycles. The fraction of sp³-hybridized carbons (Fsp3) is 0.333. The van der Waals surface area contributed by atoms with Gasteiger partial charge in [-0.2, -0.15) is 5.10 Å². The number of carbonyl (C=O) groups is 2. The zero-order valence-corrected chi connectivity index (χ0v) is 11.2. The molecule has 0 aromatic carbocycles. The highest BCUT2D eigenvalue weighted by atomic mass is 16.4. The van der Waals surface area contributed by atoms with Crippen LogP contribution < -0.4 is 5.32 Å². The van der Waals surface area contributed by atoms with Crippen LogP contribution in [0.2, 0.25) is 0 Å². The average molecular weight is 277 g/mol. The molecular weight excluding hydrogens is 262 g/mol. The third-order valence-corrected chi connectivity index (χ3v) is 2.99. The van der Waals surface area contributed by atoms with E-state index >= 15 is 0 Å². The van der Waals surface area contributed by atoms with E-state index in [1.54, 1.807) is 16.3 Å². The van der Waals surface area contributed by atoms with Crippen molar-refractivity contribution < 1.29 is 14.7 Å². The van der Waals surface area contributed by atoms with Gasteiger partial charge in [-0.15, -0.1) is 0 Å². The monoisotopic (exact) mass is 277 g/mol. The van der Waals surface area contributed by atoms with E-state index in [9.17, 15) is 9.59 Å². The van der Waals surface area contributed by atoms with Crippen LogP contribution in [0.3, 0.4) is 0 Å². The Labute approximate surface area is 115 Å². The van der Waals surface area contributed by atoms with Crippen molar-refractivity contribution in [3.05, 3.63) is 35.7 Å². The van der Waals surface area contributed by atoms with E-state index in [0.29, 0.717) is 18.7 Å². The molecule has 0 aliphatic rings. The zero-order valence-electron chi connectivity index (χ0n) is 11.2. The normalized spacial score (nSPS) is 10.5. The highest BCUT2D eigenvalue weighted by Crippen LogP contribution is 2.04. The molecule has 0 radical (unpaired) electrons. The number of aromatic carboxylic acids is 1. The number of carboxylic acids is 1.